The molecule has 2 atom stereocenters. The average molecular weight is 497 g/mol. The summed E-state index contributed by atoms with van der Waals surface area (Å²) in [6, 6.07) is 0.124. The van der Waals surface area contributed by atoms with Crippen LogP contribution in [0.5, 0.6) is 0 Å². The fraction of sp³-hybridized carbons (Fsp3) is 0.933. The quantitative estimate of drug-likeness (QED) is 0.401. The van der Waals surface area contributed by atoms with Crippen molar-refractivity contribution in [1.29, 1.82) is 0 Å². The molecule has 0 aromatic rings. The molecule has 200 valence electrons. The van der Waals surface area contributed by atoms with Crippen molar-refractivity contribution >= 4 is 12.1 Å². The van der Waals surface area contributed by atoms with Gasteiger partial charge in [0.25, 0.3) is 0 Å². The Kier molecular flexibility index (Phi) is 5.96. The fourth-order valence-corrected chi connectivity index (χ4v) is 11.3. The van der Waals surface area contributed by atoms with Crippen LogP contribution < -0.4 is 21.3 Å². The molecule has 9 aliphatic carbocycles. The summed E-state index contributed by atoms with van der Waals surface area (Å²) < 4.78 is 0. The zero-order chi connectivity index (χ0) is 24.3. The molecule has 0 unspecified atom stereocenters. The lowest BCUT2D eigenvalue weighted by Crippen LogP contribution is -2.61. The monoisotopic (exact) mass is 496 g/mol. The van der Waals surface area contributed by atoms with Crippen LogP contribution in [0, 0.1) is 47.3 Å². The molecule has 0 aliphatic heterocycles. The van der Waals surface area contributed by atoms with Crippen LogP contribution in [-0.2, 0) is 0 Å². The summed E-state index contributed by atoms with van der Waals surface area (Å²) in [6.45, 7) is 1.54. The highest BCUT2D eigenvalue weighted by Crippen LogP contribution is 2.56. The normalized spacial score (nSPS) is 48.0. The third kappa shape index (κ3) is 4.75. The highest BCUT2D eigenvalue weighted by molar-refractivity contribution is 5.75. The predicted octanol–water partition coefficient (Wildman–Crippen LogP) is 5.33. The van der Waals surface area contributed by atoms with Crippen molar-refractivity contribution in [2.24, 2.45) is 47.3 Å². The van der Waals surface area contributed by atoms with E-state index in [2.05, 4.69) is 21.3 Å². The molecule has 6 nitrogen and oxygen atoms in total. The van der Waals surface area contributed by atoms with Crippen molar-refractivity contribution < 1.29 is 9.59 Å². The van der Waals surface area contributed by atoms with Gasteiger partial charge < -0.3 is 21.3 Å². The summed E-state index contributed by atoms with van der Waals surface area (Å²) in [5.74, 6) is 6.16. The predicted molar refractivity (Wildman–Crippen MR) is 140 cm³/mol. The second kappa shape index (κ2) is 9.08. The minimum absolute atomic E-state index is 0.0622. The van der Waals surface area contributed by atoms with E-state index in [1.165, 1.54) is 96.3 Å². The van der Waals surface area contributed by atoms with E-state index >= 15 is 0 Å². The van der Waals surface area contributed by atoms with Gasteiger partial charge in [-0.05, 0) is 144 Å². The van der Waals surface area contributed by atoms with Gasteiger partial charge in [-0.3, -0.25) is 0 Å². The number of urea groups is 2. The Bertz CT molecular complexity index is 732. The van der Waals surface area contributed by atoms with E-state index in [0.29, 0.717) is 11.8 Å². The molecular formula is C30H48N4O2. The number of rotatable bonds is 6. The maximum atomic E-state index is 12.9. The molecule has 0 aromatic heterocycles. The Labute approximate surface area is 217 Å². The van der Waals surface area contributed by atoms with Crippen LogP contribution in [-0.4, -0.2) is 36.2 Å². The van der Waals surface area contributed by atoms with Crippen LogP contribution in [0.2, 0.25) is 0 Å². The largest absolute Gasteiger partial charge is 0.338 e. The first-order chi connectivity index (χ1) is 17.4. The van der Waals surface area contributed by atoms with Crippen LogP contribution in [0.4, 0.5) is 9.59 Å². The highest BCUT2D eigenvalue weighted by Gasteiger charge is 2.52. The molecule has 9 fully saturated rings. The highest BCUT2D eigenvalue weighted by atomic mass is 16.2. The molecule has 0 aromatic carbocycles. The van der Waals surface area contributed by atoms with Gasteiger partial charge in [0.1, 0.15) is 0 Å². The van der Waals surface area contributed by atoms with Crippen LogP contribution in [0.15, 0.2) is 0 Å². The van der Waals surface area contributed by atoms with Crippen molar-refractivity contribution in [2.75, 3.05) is 13.1 Å². The van der Waals surface area contributed by atoms with Gasteiger partial charge in [-0.25, -0.2) is 9.59 Å². The van der Waals surface area contributed by atoms with E-state index in [1.807, 2.05) is 0 Å². The van der Waals surface area contributed by atoms with E-state index in [9.17, 15) is 9.59 Å². The minimum atomic E-state index is 0.0622. The number of amides is 4. The van der Waals surface area contributed by atoms with E-state index in [1.54, 1.807) is 0 Å². The average Bonchev–Trinajstić information content (AvgIpc) is 2.79. The first kappa shape index (κ1) is 23.6. The molecule has 8 bridgehead atoms. The van der Waals surface area contributed by atoms with Crippen molar-refractivity contribution in [1.82, 2.24) is 21.3 Å². The maximum Gasteiger partial charge on any atom is 0.315 e. The number of carbonyl (C=O) groups is 2. The van der Waals surface area contributed by atoms with Crippen LogP contribution in [0.1, 0.15) is 103 Å². The summed E-state index contributed by atoms with van der Waals surface area (Å²) in [7, 11) is 0. The SMILES string of the molecule is O=C(NC[C@H]1CCC[C@@H](CNC(=O)NC23CC4CC(CC(C4)C2)C3)C1)NC12CC3CC(CC(C3)C1)C2. The van der Waals surface area contributed by atoms with Gasteiger partial charge in [0.05, 0.1) is 0 Å². The van der Waals surface area contributed by atoms with E-state index < -0.39 is 0 Å². The minimum Gasteiger partial charge on any atom is -0.338 e. The third-order valence-electron chi connectivity index (χ3n) is 11.8. The van der Waals surface area contributed by atoms with Gasteiger partial charge in [0, 0.05) is 24.2 Å². The Balaban J connectivity index is 0.845. The number of carbonyl (C=O) groups excluding carboxylic acids is 2. The number of hydrogen-bond donors (Lipinski definition) is 4. The number of nitrogens with one attached hydrogen (secondary N) is 4. The van der Waals surface area contributed by atoms with Gasteiger partial charge in [0.2, 0.25) is 0 Å². The van der Waals surface area contributed by atoms with Gasteiger partial charge in [-0.15, -0.1) is 0 Å². The molecule has 9 saturated carbocycles. The van der Waals surface area contributed by atoms with Crippen molar-refractivity contribution in [2.45, 2.75) is 114 Å². The lowest BCUT2D eigenvalue weighted by molar-refractivity contribution is -0.0138. The van der Waals surface area contributed by atoms with Crippen LogP contribution in [0.25, 0.3) is 0 Å². The topological polar surface area (TPSA) is 82.3 Å². The molecule has 4 N–H and O–H groups in total. The van der Waals surface area contributed by atoms with E-state index in [-0.39, 0.29) is 23.1 Å². The molecule has 4 amide bonds. The van der Waals surface area contributed by atoms with Gasteiger partial charge in [-0.1, -0.05) is 6.42 Å². The first-order valence-electron chi connectivity index (χ1n) is 15.5. The van der Waals surface area contributed by atoms with E-state index in [4.69, 9.17) is 0 Å². The third-order valence-corrected chi connectivity index (χ3v) is 11.8. The molecule has 0 spiro atoms. The smallest absolute Gasteiger partial charge is 0.315 e. The summed E-state index contributed by atoms with van der Waals surface area (Å²) in [5, 5.41) is 13.4. The molecule has 9 aliphatic rings. The Hall–Kier alpha value is -1.46. The Morgan fingerprint density at radius 1 is 0.528 bits per heavy atom. The zero-order valence-electron chi connectivity index (χ0n) is 22.2. The van der Waals surface area contributed by atoms with Gasteiger partial charge in [0.15, 0.2) is 0 Å². The summed E-state index contributed by atoms with van der Waals surface area (Å²) in [6.07, 6.45) is 20.3. The van der Waals surface area contributed by atoms with Gasteiger partial charge >= 0.3 is 12.1 Å². The lowest BCUT2D eigenvalue weighted by atomic mass is 9.53. The van der Waals surface area contributed by atoms with Crippen molar-refractivity contribution in [3.8, 4) is 0 Å². The van der Waals surface area contributed by atoms with Crippen molar-refractivity contribution in [3.05, 3.63) is 0 Å². The molecule has 0 radical (unpaired) electrons. The van der Waals surface area contributed by atoms with Crippen LogP contribution >= 0.6 is 0 Å². The standard InChI is InChI=1S/C30H48N4O2/c35-27(33-29-11-21-5-22(12-29)7-23(6-21)13-29)31-17-19-2-1-3-20(4-19)18-32-28(36)34-30-14-24-8-25(15-30)10-26(9-24)16-30/h19-26H,1-18H2,(H2,31,33,35)(H2,32,34,36)/t19-,20+,21?,22?,23?,24?,25?,26?,29?,30?. The number of hydrogen-bond acceptors (Lipinski definition) is 2. The summed E-state index contributed by atoms with van der Waals surface area (Å²) in [4.78, 5) is 25.8. The Morgan fingerprint density at radius 2 is 0.861 bits per heavy atom. The maximum absolute atomic E-state index is 12.9. The Morgan fingerprint density at radius 3 is 1.19 bits per heavy atom. The van der Waals surface area contributed by atoms with Gasteiger partial charge in [-0.2, -0.15) is 0 Å². The molecule has 0 heterocycles. The zero-order valence-corrected chi connectivity index (χ0v) is 22.2. The summed E-state index contributed by atoms with van der Waals surface area (Å²) >= 11 is 0. The first-order valence-corrected chi connectivity index (χ1v) is 15.5. The lowest BCUT2D eigenvalue weighted by Gasteiger charge is -2.56. The second-order valence-electron chi connectivity index (χ2n) is 15.0. The molecule has 0 saturated heterocycles. The molecule has 9 rings (SSSR count). The fourth-order valence-electron chi connectivity index (χ4n) is 11.3. The summed E-state index contributed by atoms with van der Waals surface area (Å²) in [5.41, 5.74) is 0.170. The van der Waals surface area contributed by atoms with E-state index in [0.717, 1.165) is 55.0 Å². The molecule has 36 heavy (non-hydrogen) atoms. The van der Waals surface area contributed by atoms with Crippen molar-refractivity contribution in [3.63, 3.8) is 0 Å². The van der Waals surface area contributed by atoms with Crippen LogP contribution in [0.3, 0.4) is 0 Å². The second-order valence-corrected chi connectivity index (χ2v) is 15.0. The molecular weight excluding hydrogens is 448 g/mol. The molecule has 6 heteroatoms.